The van der Waals surface area contributed by atoms with E-state index in [1.54, 1.807) is 6.07 Å². The lowest BCUT2D eigenvalue weighted by atomic mass is 10.1. The van der Waals surface area contributed by atoms with Gasteiger partial charge in [-0.05, 0) is 0 Å². The van der Waals surface area contributed by atoms with Crippen LogP contribution in [0.25, 0.3) is 0 Å². The minimum atomic E-state index is -2.89. The lowest BCUT2D eigenvalue weighted by molar-refractivity contribution is -0.174. The summed E-state index contributed by atoms with van der Waals surface area (Å²) in [6.45, 7) is 3.42. The summed E-state index contributed by atoms with van der Waals surface area (Å²) in [6, 6.07) is 2.88. The van der Waals surface area contributed by atoms with E-state index in [-0.39, 0.29) is 19.6 Å². The molecule has 0 aromatic rings. The molecule has 0 aromatic heterocycles. The minimum absolute atomic E-state index is 0.153. The topological polar surface area (TPSA) is 126 Å². The Morgan fingerprint density at radius 3 is 2.37 bits per heavy atom. The molecule has 1 radical (unpaired) electrons. The second-order valence-corrected chi connectivity index (χ2v) is 2.91. The van der Waals surface area contributed by atoms with Gasteiger partial charge in [-0.3, -0.25) is 0 Å². The van der Waals surface area contributed by atoms with E-state index in [0.29, 0.717) is 0 Å². The molecule has 0 rings (SSSR count). The maximum atomic E-state index is 11.6. The molecule has 8 nitrogen and oxygen atoms in total. The highest BCUT2D eigenvalue weighted by molar-refractivity contribution is 6.07. The molecule has 8 heteroatoms. The second kappa shape index (κ2) is 8.25. The molecule has 0 bridgehead atoms. The zero-order chi connectivity index (χ0) is 14.7. The average molecular weight is 265 g/mol. The highest BCUT2D eigenvalue weighted by Crippen LogP contribution is 2.15. The van der Waals surface area contributed by atoms with E-state index in [1.807, 2.05) is 0 Å². The lowest BCUT2D eigenvalue weighted by Crippen LogP contribution is -2.50. The summed E-state index contributed by atoms with van der Waals surface area (Å²) in [5, 5.41) is 17.1. The third-order valence-corrected chi connectivity index (χ3v) is 1.71. The molecule has 0 N–H and O–H groups in total. The molecule has 99 valence electrons. The fraction of sp³-hybridized carbons (Fsp3) is 0.364. The largest absolute Gasteiger partial charge is 0.460 e. The molecule has 1 unspecified atom stereocenters. The second-order valence-electron chi connectivity index (χ2n) is 2.91. The van der Waals surface area contributed by atoms with Crippen LogP contribution >= 0.6 is 0 Å². The molecule has 0 aliphatic rings. The Labute approximate surface area is 108 Å². The number of hydrogen-bond acceptors (Lipinski definition) is 8. The standard InChI is InChI=1S/C11H9N2O6/c1-2-5-17-9(15)11(7-13,19-8-14)10(16)18-6-3-4-12/h2H,1,3,5-6H2. The number of nitriles is 2. The number of carbonyl (C=O) groups is 2. The number of rotatable bonds is 8. The lowest BCUT2D eigenvalue weighted by Gasteiger charge is -2.19. The van der Waals surface area contributed by atoms with Crippen molar-refractivity contribution in [3.63, 3.8) is 0 Å². The monoisotopic (exact) mass is 265 g/mol. The van der Waals surface area contributed by atoms with Crippen molar-refractivity contribution in [1.82, 2.24) is 0 Å². The summed E-state index contributed by atoms with van der Waals surface area (Å²) in [6.07, 6.45) is 1.03. The van der Waals surface area contributed by atoms with Gasteiger partial charge in [-0.2, -0.15) is 10.5 Å². The Kier molecular flexibility index (Phi) is 7.01. The van der Waals surface area contributed by atoms with E-state index in [4.69, 9.17) is 10.5 Å². The Hall–Kier alpha value is -2.87. The summed E-state index contributed by atoms with van der Waals surface area (Å²) < 4.78 is 13.1. The van der Waals surface area contributed by atoms with Gasteiger partial charge < -0.3 is 14.2 Å². The van der Waals surface area contributed by atoms with Gasteiger partial charge in [0.05, 0.1) is 12.5 Å². The van der Waals surface area contributed by atoms with Crippen LogP contribution in [0, 0.1) is 22.7 Å². The number of ether oxygens (including phenoxy) is 3. The molecule has 0 spiro atoms. The van der Waals surface area contributed by atoms with Gasteiger partial charge in [0.25, 0.3) is 0 Å². The number of carbonyl (C=O) groups excluding carboxylic acids is 3. The predicted molar refractivity (Wildman–Crippen MR) is 57.5 cm³/mol. The van der Waals surface area contributed by atoms with E-state index in [2.05, 4.69) is 20.8 Å². The number of nitrogens with zero attached hydrogens (tertiary/aromatic N) is 2. The third-order valence-electron chi connectivity index (χ3n) is 1.71. The van der Waals surface area contributed by atoms with Crippen LogP contribution in [-0.4, -0.2) is 37.2 Å². The normalized spacial score (nSPS) is 11.9. The number of hydrogen-bond donors (Lipinski definition) is 0. The van der Waals surface area contributed by atoms with E-state index >= 15 is 0 Å². The van der Waals surface area contributed by atoms with Gasteiger partial charge in [-0.1, -0.05) is 12.7 Å². The predicted octanol–water partition coefficient (Wildman–Crippen LogP) is -0.481. The van der Waals surface area contributed by atoms with Crippen LogP contribution in [0.3, 0.4) is 0 Å². The fourth-order valence-corrected chi connectivity index (χ4v) is 0.871. The van der Waals surface area contributed by atoms with Crippen molar-refractivity contribution in [3.8, 4) is 12.1 Å². The Balaban J connectivity index is 5.05. The van der Waals surface area contributed by atoms with E-state index in [9.17, 15) is 14.4 Å². The number of esters is 2. The van der Waals surface area contributed by atoms with E-state index < -0.39 is 17.5 Å². The molecule has 0 aliphatic heterocycles. The molecule has 19 heavy (non-hydrogen) atoms. The molecule has 0 fully saturated rings. The Morgan fingerprint density at radius 1 is 1.26 bits per heavy atom. The van der Waals surface area contributed by atoms with Gasteiger partial charge in [0.15, 0.2) is 0 Å². The highest BCUT2D eigenvalue weighted by atomic mass is 16.6. The van der Waals surface area contributed by atoms with Crippen LogP contribution < -0.4 is 0 Å². The van der Waals surface area contributed by atoms with E-state index in [0.717, 1.165) is 6.47 Å². The molecule has 0 saturated heterocycles. The molecule has 0 aromatic carbocycles. The van der Waals surface area contributed by atoms with Crippen molar-refractivity contribution >= 4 is 18.4 Å². The Bertz CT molecular complexity index is 447. The summed E-state index contributed by atoms with van der Waals surface area (Å²) in [5.41, 5.74) is -2.89. The van der Waals surface area contributed by atoms with Crippen LogP contribution in [0.4, 0.5) is 0 Å². The van der Waals surface area contributed by atoms with Gasteiger partial charge in [0, 0.05) is 0 Å². The van der Waals surface area contributed by atoms with Crippen molar-refractivity contribution in [1.29, 1.82) is 10.5 Å². The molecular formula is C11H9N2O6. The smallest absolute Gasteiger partial charge is 0.420 e. The summed E-state index contributed by atoms with van der Waals surface area (Å²) >= 11 is 0. The molecule has 0 amide bonds. The summed E-state index contributed by atoms with van der Waals surface area (Å²) in [7, 11) is 0. The molecule has 0 heterocycles. The summed E-state index contributed by atoms with van der Waals surface area (Å²) in [4.78, 5) is 33.3. The van der Waals surface area contributed by atoms with Crippen molar-refractivity contribution in [3.05, 3.63) is 12.7 Å². The van der Waals surface area contributed by atoms with Crippen molar-refractivity contribution < 1.29 is 28.6 Å². The van der Waals surface area contributed by atoms with Crippen molar-refractivity contribution in [2.24, 2.45) is 0 Å². The molecule has 1 atom stereocenters. The van der Waals surface area contributed by atoms with Gasteiger partial charge in [-0.15, -0.1) is 0 Å². The SMILES string of the molecule is C=CCOC(=O)C(C#N)(O[C]=O)C(=O)OCCC#N. The van der Waals surface area contributed by atoms with Crippen molar-refractivity contribution in [2.45, 2.75) is 12.0 Å². The fourth-order valence-electron chi connectivity index (χ4n) is 0.871. The zero-order valence-corrected chi connectivity index (χ0v) is 9.75. The molecule has 0 aliphatic carbocycles. The first-order valence-corrected chi connectivity index (χ1v) is 4.87. The summed E-state index contributed by atoms with van der Waals surface area (Å²) in [5.74, 6) is -2.89. The maximum Gasteiger partial charge on any atom is 0.420 e. The maximum absolute atomic E-state index is 11.6. The highest BCUT2D eigenvalue weighted by Gasteiger charge is 2.53. The van der Waals surface area contributed by atoms with E-state index in [1.165, 1.54) is 12.1 Å². The van der Waals surface area contributed by atoms with Gasteiger partial charge in [0.2, 0.25) is 0 Å². The minimum Gasteiger partial charge on any atom is -0.460 e. The van der Waals surface area contributed by atoms with Crippen molar-refractivity contribution in [2.75, 3.05) is 13.2 Å². The third kappa shape index (κ3) is 4.13. The first-order valence-electron chi connectivity index (χ1n) is 4.87. The average Bonchev–Trinajstić information content (AvgIpc) is 2.42. The first-order chi connectivity index (χ1) is 9.08. The molecule has 0 saturated carbocycles. The quantitative estimate of drug-likeness (QED) is 0.189. The van der Waals surface area contributed by atoms with Crippen LogP contribution in [0.5, 0.6) is 0 Å². The van der Waals surface area contributed by atoms with Crippen LogP contribution in [0.15, 0.2) is 12.7 Å². The first kappa shape index (κ1) is 16.1. The van der Waals surface area contributed by atoms with Crippen LogP contribution in [0.1, 0.15) is 6.42 Å². The van der Waals surface area contributed by atoms with Gasteiger partial charge in [-0.25, -0.2) is 14.4 Å². The van der Waals surface area contributed by atoms with Gasteiger partial charge >= 0.3 is 24.0 Å². The van der Waals surface area contributed by atoms with Crippen LogP contribution in [0.2, 0.25) is 0 Å². The Morgan fingerprint density at radius 2 is 1.89 bits per heavy atom. The van der Waals surface area contributed by atoms with Crippen LogP contribution in [-0.2, 0) is 28.6 Å². The zero-order valence-electron chi connectivity index (χ0n) is 9.75. The van der Waals surface area contributed by atoms with Gasteiger partial charge in [0.1, 0.15) is 19.3 Å². The molecular weight excluding hydrogens is 256 g/mol.